The number of thiocarbonyl (C=S) groups is 1. The molecule has 10 heteroatoms. The molecule has 2 fully saturated rings. The Morgan fingerprint density at radius 2 is 1.89 bits per heavy atom. The van der Waals surface area contributed by atoms with Crippen LogP contribution in [0, 0.1) is 0 Å². The maximum absolute atomic E-state index is 11.5. The molecular formula is C25H23N3O6S. The third-order valence-corrected chi connectivity index (χ3v) is 6.60. The van der Waals surface area contributed by atoms with E-state index in [0.29, 0.717) is 28.7 Å². The van der Waals surface area contributed by atoms with Gasteiger partial charge in [0.1, 0.15) is 17.6 Å². The predicted molar refractivity (Wildman–Crippen MR) is 129 cm³/mol. The molecular weight excluding hydrogens is 470 g/mol. The largest absolute Gasteiger partial charge is 0.478 e. The van der Waals surface area contributed by atoms with Crippen molar-refractivity contribution in [2.24, 2.45) is 0 Å². The Morgan fingerprint density at radius 1 is 1.11 bits per heavy atom. The second-order valence-electron chi connectivity index (χ2n) is 8.53. The highest BCUT2D eigenvalue weighted by atomic mass is 32.1. The van der Waals surface area contributed by atoms with Crippen molar-refractivity contribution in [3.63, 3.8) is 0 Å². The normalized spacial score (nSPS) is 21.8. The molecule has 9 nitrogen and oxygen atoms in total. The number of hydrogen-bond acceptors (Lipinski definition) is 6. The lowest BCUT2D eigenvalue weighted by atomic mass is 10.0. The van der Waals surface area contributed by atoms with Gasteiger partial charge in [-0.05, 0) is 67.5 Å². The summed E-state index contributed by atoms with van der Waals surface area (Å²) < 4.78 is 12.1. The maximum Gasteiger partial charge on any atom is 0.335 e. The van der Waals surface area contributed by atoms with Gasteiger partial charge in [0, 0.05) is 24.9 Å². The molecule has 3 aromatic rings. The summed E-state index contributed by atoms with van der Waals surface area (Å²) in [5.41, 5.74) is 0.900. The molecule has 0 bridgehead atoms. The lowest BCUT2D eigenvalue weighted by Gasteiger charge is -2.28. The van der Waals surface area contributed by atoms with Crippen molar-refractivity contribution in [1.29, 1.82) is 0 Å². The highest BCUT2D eigenvalue weighted by Crippen LogP contribution is 2.41. The quantitative estimate of drug-likeness (QED) is 0.417. The van der Waals surface area contributed by atoms with Gasteiger partial charge in [0.15, 0.2) is 5.11 Å². The number of rotatable bonds is 7. The van der Waals surface area contributed by atoms with Gasteiger partial charge in [0.2, 0.25) is 0 Å². The molecule has 0 unspecified atom stereocenters. The summed E-state index contributed by atoms with van der Waals surface area (Å²) in [5.74, 6) is -1.48. The minimum Gasteiger partial charge on any atom is -0.478 e. The minimum absolute atomic E-state index is 0.0551. The number of aromatic nitrogens is 1. The number of pyridine rings is 1. The first-order valence-electron chi connectivity index (χ1n) is 11.2. The summed E-state index contributed by atoms with van der Waals surface area (Å²) >= 11 is 5.68. The summed E-state index contributed by atoms with van der Waals surface area (Å²) in [6.45, 7) is 1.32. The standard InChI is InChI=1S/C25H23N3O6S/c29-23(30)15-10-14(11-16(12-15)24(31)32)19-6-7-20(34-19)22-21(18-5-1-2-8-26-18)27-25(35)28(22)13-17-4-3-9-33-17/h1-2,5-8,10-12,17,21-22H,3-4,9,13H2,(H,27,35)(H,29,30)(H,31,32)/t17-,21-,22-/m0/s1. The highest BCUT2D eigenvalue weighted by Gasteiger charge is 2.42. The second-order valence-corrected chi connectivity index (χ2v) is 8.91. The molecule has 2 aliphatic rings. The number of hydrogen-bond donors (Lipinski definition) is 3. The van der Waals surface area contributed by atoms with Crippen LogP contribution >= 0.6 is 12.2 Å². The van der Waals surface area contributed by atoms with Crippen molar-refractivity contribution in [1.82, 2.24) is 15.2 Å². The lowest BCUT2D eigenvalue weighted by Crippen LogP contribution is -2.36. The number of nitrogens with zero attached hydrogens (tertiary/aromatic N) is 2. The van der Waals surface area contributed by atoms with Crippen LogP contribution in [0.2, 0.25) is 0 Å². The third kappa shape index (κ3) is 4.62. The Bertz CT molecular complexity index is 1240. The number of nitrogens with one attached hydrogen (secondary N) is 1. The Morgan fingerprint density at radius 3 is 2.51 bits per heavy atom. The molecule has 2 saturated heterocycles. The summed E-state index contributed by atoms with van der Waals surface area (Å²) in [5, 5.41) is 22.8. The Hall–Kier alpha value is -3.76. The van der Waals surface area contributed by atoms with E-state index in [4.69, 9.17) is 21.4 Å². The zero-order chi connectivity index (χ0) is 24.5. The van der Waals surface area contributed by atoms with Gasteiger partial charge in [-0.3, -0.25) is 4.98 Å². The third-order valence-electron chi connectivity index (χ3n) is 6.25. The Kier molecular flexibility index (Phi) is 6.23. The molecule has 3 N–H and O–H groups in total. The number of carbonyl (C=O) groups is 2. The molecule has 35 heavy (non-hydrogen) atoms. The number of furan rings is 1. The first-order valence-corrected chi connectivity index (χ1v) is 11.6. The SMILES string of the molecule is O=C(O)c1cc(C(=O)O)cc(-c2ccc([C@H]3[C@H](c4ccccn4)NC(=S)N3C[C@@H]3CCCO3)o2)c1. The van der Waals surface area contributed by atoms with Crippen LogP contribution in [0.15, 0.2) is 59.1 Å². The van der Waals surface area contributed by atoms with Crippen molar-refractivity contribution in [3.8, 4) is 11.3 Å². The van der Waals surface area contributed by atoms with Crippen LogP contribution in [-0.2, 0) is 4.74 Å². The van der Waals surface area contributed by atoms with E-state index in [1.165, 1.54) is 12.1 Å². The van der Waals surface area contributed by atoms with E-state index >= 15 is 0 Å². The van der Waals surface area contributed by atoms with Crippen LogP contribution in [0.3, 0.4) is 0 Å². The van der Waals surface area contributed by atoms with Gasteiger partial charge >= 0.3 is 11.9 Å². The maximum atomic E-state index is 11.5. The molecule has 0 aliphatic carbocycles. The average molecular weight is 494 g/mol. The van der Waals surface area contributed by atoms with Gasteiger partial charge in [-0.2, -0.15) is 0 Å². The van der Waals surface area contributed by atoms with Crippen molar-refractivity contribution in [2.45, 2.75) is 31.0 Å². The summed E-state index contributed by atoms with van der Waals surface area (Å²) in [7, 11) is 0. The van der Waals surface area contributed by atoms with Gasteiger partial charge in [-0.25, -0.2) is 9.59 Å². The van der Waals surface area contributed by atoms with Crippen molar-refractivity contribution >= 4 is 29.3 Å². The number of carboxylic acids is 2. The van der Waals surface area contributed by atoms with Crippen LogP contribution in [0.4, 0.5) is 0 Å². The van der Waals surface area contributed by atoms with E-state index in [9.17, 15) is 19.8 Å². The number of ether oxygens (including phenoxy) is 1. The molecule has 2 aromatic heterocycles. The fourth-order valence-corrected chi connectivity index (χ4v) is 4.92. The van der Waals surface area contributed by atoms with Crippen LogP contribution in [0.25, 0.3) is 11.3 Å². The summed E-state index contributed by atoms with van der Waals surface area (Å²) in [6.07, 6.45) is 3.73. The second kappa shape index (κ2) is 9.47. The van der Waals surface area contributed by atoms with Crippen molar-refractivity contribution < 1.29 is 29.0 Å². The molecule has 5 rings (SSSR count). The van der Waals surface area contributed by atoms with Gasteiger partial charge in [0.05, 0.1) is 29.0 Å². The molecule has 1 aromatic carbocycles. The zero-order valence-corrected chi connectivity index (χ0v) is 19.4. The number of aromatic carboxylic acids is 2. The predicted octanol–water partition coefficient (Wildman–Crippen LogP) is 3.89. The molecule has 0 saturated carbocycles. The molecule has 4 heterocycles. The Balaban J connectivity index is 1.53. The molecule has 0 spiro atoms. The zero-order valence-electron chi connectivity index (χ0n) is 18.6. The average Bonchev–Trinajstić information content (AvgIpc) is 3.61. The van der Waals surface area contributed by atoms with Crippen LogP contribution in [0.5, 0.6) is 0 Å². The Labute approximate surface area is 206 Å². The van der Waals surface area contributed by atoms with Gasteiger partial charge in [-0.1, -0.05) is 6.07 Å². The monoisotopic (exact) mass is 493 g/mol. The van der Waals surface area contributed by atoms with E-state index in [0.717, 1.165) is 31.2 Å². The lowest BCUT2D eigenvalue weighted by molar-refractivity contribution is 0.0696. The van der Waals surface area contributed by atoms with E-state index in [2.05, 4.69) is 10.3 Å². The van der Waals surface area contributed by atoms with E-state index in [1.54, 1.807) is 12.3 Å². The molecule has 3 atom stereocenters. The summed E-state index contributed by atoms with van der Waals surface area (Å²) in [4.78, 5) is 29.6. The minimum atomic E-state index is -1.22. The number of carboxylic acid groups (broad SMARTS) is 2. The van der Waals surface area contributed by atoms with Crippen LogP contribution < -0.4 is 5.32 Å². The van der Waals surface area contributed by atoms with Gasteiger partial charge < -0.3 is 29.6 Å². The van der Waals surface area contributed by atoms with Crippen molar-refractivity contribution in [2.75, 3.05) is 13.2 Å². The fourth-order valence-electron chi connectivity index (χ4n) is 4.60. The molecule has 0 amide bonds. The van der Waals surface area contributed by atoms with E-state index in [-0.39, 0.29) is 29.3 Å². The van der Waals surface area contributed by atoms with Crippen molar-refractivity contribution in [3.05, 3.63) is 77.3 Å². The first kappa shape index (κ1) is 23.0. The molecule has 180 valence electrons. The van der Waals surface area contributed by atoms with E-state index in [1.807, 2.05) is 29.2 Å². The van der Waals surface area contributed by atoms with Gasteiger partial charge in [0.25, 0.3) is 0 Å². The molecule has 2 aliphatic heterocycles. The van der Waals surface area contributed by atoms with E-state index < -0.39 is 11.9 Å². The molecule has 0 radical (unpaired) electrons. The van der Waals surface area contributed by atoms with Crippen LogP contribution in [-0.4, -0.2) is 56.4 Å². The smallest absolute Gasteiger partial charge is 0.335 e. The first-order chi connectivity index (χ1) is 16.9. The fraction of sp³-hybridized carbons (Fsp3) is 0.280. The number of benzene rings is 1. The summed E-state index contributed by atoms with van der Waals surface area (Å²) in [6, 6.07) is 12.5. The van der Waals surface area contributed by atoms with Gasteiger partial charge in [-0.15, -0.1) is 0 Å². The topological polar surface area (TPSA) is 125 Å². The van der Waals surface area contributed by atoms with Crippen LogP contribution in [0.1, 0.15) is 57.1 Å². The highest BCUT2D eigenvalue weighted by molar-refractivity contribution is 7.80.